The fourth-order valence-electron chi connectivity index (χ4n) is 0.422. The first kappa shape index (κ1) is 8.54. The minimum absolute atomic E-state index is 0.650. The summed E-state index contributed by atoms with van der Waals surface area (Å²) in [5.74, 6) is 0.650. The van der Waals surface area contributed by atoms with Gasteiger partial charge in [-0.3, -0.25) is 0 Å². The van der Waals surface area contributed by atoms with E-state index in [1.54, 1.807) is 6.26 Å². The maximum Gasteiger partial charge on any atom is 0.0845 e. The largest absolute Gasteiger partial charge is 0.502 e. The minimum atomic E-state index is 0.650. The molecule has 0 aromatic rings. The summed E-state index contributed by atoms with van der Waals surface area (Å²) in [4.78, 5) is 0. The molecule has 0 heterocycles. The van der Waals surface area contributed by atoms with Gasteiger partial charge in [0.2, 0.25) is 0 Å². The summed E-state index contributed by atoms with van der Waals surface area (Å²) in [5.41, 5.74) is 0. The maximum atomic E-state index is 5.03. The molecule has 0 aromatic heterocycles. The lowest BCUT2D eigenvalue weighted by molar-refractivity contribution is 0.266. The van der Waals surface area contributed by atoms with E-state index < -0.39 is 0 Å². The van der Waals surface area contributed by atoms with Crippen molar-refractivity contribution in [3.05, 3.63) is 12.3 Å². The molecule has 0 radical (unpaired) electrons. The van der Waals surface area contributed by atoms with Gasteiger partial charge < -0.3 is 4.74 Å². The van der Waals surface area contributed by atoms with Crippen LogP contribution in [0.15, 0.2) is 12.3 Å². The van der Waals surface area contributed by atoms with Gasteiger partial charge in [-0.25, -0.2) is 0 Å². The molecule has 0 fully saturated rings. The van der Waals surface area contributed by atoms with Crippen molar-refractivity contribution in [3.8, 4) is 0 Å². The molecule has 0 amide bonds. The van der Waals surface area contributed by atoms with Gasteiger partial charge in [0.1, 0.15) is 0 Å². The van der Waals surface area contributed by atoms with Gasteiger partial charge in [0.15, 0.2) is 0 Å². The van der Waals surface area contributed by atoms with Crippen LogP contribution in [0.1, 0.15) is 27.2 Å². The standard InChI is InChI=1S/C8H16O/c1-4-8(3)6-7-9-5-2/h6-8H,4-5H2,1-3H3/b7-6+/t8-/m0/s1. The fourth-order valence-corrected chi connectivity index (χ4v) is 0.422. The zero-order valence-electron chi connectivity index (χ0n) is 6.55. The van der Waals surface area contributed by atoms with E-state index >= 15 is 0 Å². The van der Waals surface area contributed by atoms with E-state index in [2.05, 4.69) is 19.9 Å². The summed E-state index contributed by atoms with van der Waals surface area (Å²) >= 11 is 0. The third kappa shape index (κ3) is 5.41. The second kappa shape index (κ2) is 5.67. The monoisotopic (exact) mass is 128 g/mol. The summed E-state index contributed by atoms with van der Waals surface area (Å²) in [6, 6.07) is 0. The molecule has 1 nitrogen and oxygen atoms in total. The van der Waals surface area contributed by atoms with Crippen LogP contribution in [0.2, 0.25) is 0 Å². The normalized spacial score (nSPS) is 14.1. The van der Waals surface area contributed by atoms with E-state index in [4.69, 9.17) is 4.74 Å². The van der Waals surface area contributed by atoms with E-state index in [1.165, 1.54) is 6.42 Å². The SMILES string of the molecule is CCO/C=C/[C@@H](C)CC. The highest BCUT2D eigenvalue weighted by molar-refractivity contribution is 4.78. The second-order valence-electron chi connectivity index (χ2n) is 2.17. The molecule has 0 spiro atoms. The first-order valence-electron chi connectivity index (χ1n) is 3.59. The molecular formula is C8H16O. The molecule has 0 aliphatic carbocycles. The average molecular weight is 128 g/mol. The highest BCUT2D eigenvalue weighted by Gasteiger charge is 1.88. The van der Waals surface area contributed by atoms with Gasteiger partial charge in [-0.05, 0) is 25.3 Å². The molecule has 9 heavy (non-hydrogen) atoms. The molecule has 0 N–H and O–H groups in total. The van der Waals surface area contributed by atoms with Crippen molar-refractivity contribution < 1.29 is 4.74 Å². The van der Waals surface area contributed by atoms with E-state index in [0.717, 1.165) is 6.61 Å². The van der Waals surface area contributed by atoms with E-state index in [1.807, 2.05) is 6.92 Å². The molecule has 0 saturated carbocycles. The van der Waals surface area contributed by atoms with E-state index in [0.29, 0.717) is 5.92 Å². The predicted molar refractivity (Wildman–Crippen MR) is 40.2 cm³/mol. The number of ether oxygens (including phenoxy) is 1. The van der Waals surface area contributed by atoms with Crippen molar-refractivity contribution in [1.82, 2.24) is 0 Å². The summed E-state index contributed by atoms with van der Waals surface area (Å²) in [6.45, 7) is 7.10. The molecule has 0 unspecified atom stereocenters. The second-order valence-corrected chi connectivity index (χ2v) is 2.17. The Morgan fingerprint density at radius 2 is 2.11 bits per heavy atom. The van der Waals surface area contributed by atoms with Gasteiger partial charge in [-0.2, -0.15) is 0 Å². The van der Waals surface area contributed by atoms with Gasteiger partial charge in [-0.15, -0.1) is 0 Å². The number of hydrogen-bond donors (Lipinski definition) is 0. The Balaban J connectivity index is 3.20. The molecule has 1 atom stereocenters. The van der Waals surface area contributed by atoms with Crippen LogP contribution in [-0.4, -0.2) is 6.61 Å². The Morgan fingerprint density at radius 1 is 1.44 bits per heavy atom. The van der Waals surface area contributed by atoms with Crippen LogP contribution in [0.3, 0.4) is 0 Å². The molecule has 0 rings (SSSR count). The van der Waals surface area contributed by atoms with E-state index in [-0.39, 0.29) is 0 Å². The summed E-state index contributed by atoms with van der Waals surface area (Å²) < 4.78 is 5.03. The smallest absolute Gasteiger partial charge is 0.0845 e. The van der Waals surface area contributed by atoms with Crippen LogP contribution in [0.5, 0.6) is 0 Å². The Labute approximate surface area is 57.7 Å². The van der Waals surface area contributed by atoms with Crippen LogP contribution < -0.4 is 0 Å². The molecule has 0 bridgehead atoms. The van der Waals surface area contributed by atoms with Gasteiger partial charge in [-0.1, -0.05) is 13.8 Å². The summed E-state index contributed by atoms with van der Waals surface area (Å²) in [6.07, 6.45) is 5.06. The van der Waals surface area contributed by atoms with Crippen LogP contribution >= 0.6 is 0 Å². The van der Waals surface area contributed by atoms with Crippen LogP contribution in [0.4, 0.5) is 0 Å². The minimum Gasteiger partial charge on any atom is -0.502 e. The highest BCUT2D eigenvalue weighted by atomic mass is 16.5. The first-order valence-corrected chi connectivity index (χ1v) is 3.59. The van der Waals surface area contributed by atoms with Crippen molar-refractivity contribution >= 4 is 0 Å². The van der Waals surface area contributed by atoms with Crippen LogP contribution in [-0.2, 0) is 4.74 Å². The maximum absolute atomic E-state index is 5.03. The third-order valence-electron chi connectivity index (χ3n) is 1.31. The van der Waals surface area contributed by atoms with Crippen LogP contribution in [0.25, 0.3) is 0 Å². The zero-order valence-corrected chi connectivity index (χ0v) is 6.55. The molecule has 0 aliphatic heterocycles. The van der Waals surface area contributed by atoms with E-state index in [9.17, 15) is 0 Å². The van der Waals surface area contributed by atoms with Crippen molar-refractivity contribution in [1.29, 1.82) is 0 Å². The quantitative estimate of drug-likeness (QED) is 0.529. The van der Waals surface area contributed by atoms with Crippen molar-refractivity contribution in [3.63, 3.8) is 0 Å². The Kier molecular flexibility index (Phi) is 5.38. The Hall–Kier alpha value is -0.460. The Bertz CT molecular complexity index is 76.6. The first-order chi connectivity index (χ1) is 4.31. The highest BCUT2D eigenvalue weighted by Crippen LogP contribution is 2.01. The van der Waals surface area contributed by atoms with Gasteiger partial charge in [0.05, 0.1) is 12.9 Å². The lowest BCUT2D eigenvalue weighted by atomic mass is 10.1. The Morgan fingerprint density at radius 3 is 2.56 bits per heavy atom. The lowest BCUT2D eigenvalue weighted by Gasteiger charge is -1.98. The number of allylic oxidation sites excluding steroid dienone is 1. The average Bonchev–Trinajstić information content (AvgIpc) is 1.89. The zero-order chi connectivity index (χ0) is 7.11. The molecular weight excluding hydrogens is 112 g/mol. The summed E-state index contributed by atoms with van der Waals surface area (Å²) in [7, 11) is 0. The van der Waals surface area contributed by atoms with Crippen LogP contribution in [0, 0.1) is 5.92 Å². The molecule has 0 aromatic carbocycles. The molecule has 54 valence electrons. The lowest BCUT2D eigenvalue weighted by Crippen LogP contribution is -1.85. The fraction of sp³-hybridized carbons (Fsp3) is 0.750. The predicted octanol–water partition coefficient (Wildman–Crippen LogP) is 2.58. The third-order valence-corrected chi connectivity index (χ3v) is 1.31. The molecule has 0 aliphatic rings. The topological polar surface area (TPSA) is 9.23 Å². The van der Waals surface area contributed by atoms with Gasteiger partial charge in [0.25, 0.3) is 0 Å². The van der Waals surface area contributed by atoms with Gasteiger partial charge >= 0.3 is 0 Å². The molecule has 0 saturated heterocycles. The number of hydrogen-bond acceptors (Lipinski definition) is 1. The molecule has 1 heteroatoms. The van der Waals surface area contributed by atoms with Crippen molar-refractivity contribution in [2.75, 3.05) is 6.61 Å². The van der Waals surface area contributed by atoms with Crippen molar-refractivity contribution in [2.45, 2.75) is 27.2 Å². The number of rotatable bonds is 4. The van der Waals surface area contributed by atoms with Gasteiger partial charge in [0, 0.05) is 0 Å². The summed E-state index contributed by atoms with van der Waals surface area (Å²) in [5, 5.41) is 0. The van der Waals surface area contributed by atoms with Crippen molar-refractivity contribution in [2.24, 2.45) is 5.92 Å².